The molecule has 0 fully saturated rings. The largest absolute Gasteiger partial charge is 0.497 e. The summed E-state index contributed by atoms with van der Waals surface area (Å²) >= 11 is 6.39. The van der Waals surface area contributed by atoms with E-state index in [1.54, 1.807) is 55.6 Å². The second kappa shape index (κ2) is 8.32. The Labute approximate surface area is 173 Å². The Kier molecular flexibility index (Phi) is 5.84. The molecule has 3 rings (SSSR count). The maximum absolute atomic E-state index is 13.1. The standard InChI is InChI=1S/C22H19ClN2O4/c1-13-10-16(29-3)11-14(2)21(13)22(26)17-9-8-15(12-18(17)23)24-19-6-4-5-7-20(19)25(27)28/h4-12,24H,1-3H3. The highest BCUT2D eigenvalue weighted by molar-refractivity contribution is 6.35. The van der Waals surface area contributed by atoms with Crippen molar-refractivity contribution < 1.29 is 14.5 Å². The number of ether oxygens (including phenoxy) is 1. The second-order valence-electron chi connectivity index (χ2n) is 6.56. The quantitative estimate of drug-likeness (QED) is 0.313. The number of nitrogens with zero attached hydrogens (tertiary/aromatic N) is 1. The van der Waals surface area contributed by atoms with E-state index in [4.69, 9.17) is 16.3 Å². The van der Waals surface area contributed by atoms with Crippen molar-refractivity contribution >= 4 is 34.4 Å². The summed E-state index contributed by atoms with van der Waals surface area (Å²) in [6, 6.07) is 14.8. The summed E-state index contributed by atoms with van der Waals surface area (Å²) in [5.41, 5.74) is 3.37. The van der Waals surface area contributed by atoms with Crippen LogP contribution in [-0.2, 0) is 0 Å². The fourth-order valence-electron chi connectivity index (χ4n) is 3.21. The van der Waals surface area contributed by atoms with Gasteiger partial charge in [0.1, 0.15) is 11.4 Å². The van der Waals surface area contributed by atoms with Crippen molar-refractivity contribution in [1.29, 1.82) is 0 Å². The van der Waals surface area contributed by atoms with E-state index in [1.165, 1.54) is 6.07 Å². The number of carbonyl (C=O) groups excluding carboxylic acids is 1. The van der Waals surface area contributed by atoms with E-state index in [2.05, 4.69) is 5.32 Å². The molecule has 0 bridgehead atoms. The Morgan fingerprint density at radius 3 is 2.31 bits per heavy atom. The fourth-order valence-corrected chi connectivity index (χ4v) is 3.47. The lowest BCUT2D eigenvalue weighted by Crippen LogP contribution is -2.08. The highest BCUT2D eigenvalue weighted by Gasteiger charge is 2.19. The molecule has 1 N–H and O–H groups in total. The zero-order valence-electron chi connectivity index (χ0n) is 16.2. The van der Waals surface area contributed by atoms with Crippen LogP contribution in [0.4, 0.5) is 17.1 Å². The topological polar surface area (TPSA) is 81.5 Å². The third-order valence-electron chi connectivity index (χ3n) is 4.56. The van der Waals surface area contributed by atoms with Crippen LogP contribution in [0.25, 0.3) is 0 Å². The van der Waals surface area contributed by atoms with Gasteiger partial charge in [-0.05, 0) is 61.4 Å². The van der Waals surface area contributed by atoms with E-state index in [0.29, 0.717) is 28.3 Å². The molecule has 3 aromatic rings. The molecule has 0 saturated carbocycles. The number of hydrogen-bond donors (Lipinski definition) is 1. The molecule has 0 unspecified atom stereocenters. The van der Waals surface area contributed by atoms with Gasteiger partial charge in [0.2, 0.25) is 0 Å². The fraction of sp³-hybridized carbons (Fsp3) is 0.136. The lowest BCUT2D eigenvalue weighted by atomic mass is 9.94. The van der Waals surface area contributed by atoms with Crippen molar-refractivity contribution in [2.45, 2.75) is 13.8 Å². The van der Waals surface area contributed by atoms with E-state index in [0.717, 1.165) is 11.1 Å². The first kappa shape index (κ1) is 20.4. The van der Waals surface area contributed by atoms with E-state index >= 15 is 0 Å². The zero-order chi connectivity index (χ0) is 21.1. The van der Waals surface area contributed by atoms with Gasteiger partial charge in [-0.2, -0.15) is 0 Å². The second-order valence-corrected chi connectivity index (χ2v) is 6.97. The predicted molar refractivity (Wildman–Crippen MR) is 114 cm³/mol. The van der Waals surface area contributed by atoms with Crippen LogP contribution in [0.3, 0.4) is 0 Å². The number of para-hydroxylation sites is 2. The van der Waals surface area contributed by atoms with E-state index < -0.39 is 4.92 Å². The molecule has 3 aromatic carbocycles. The van der Waals surface area contributed by atoms with Gasteiger partial charge in [0.25, 0.3) is 5.69 Å². The van der Waals surface area contributed by atoms with Gasteiger partial charge in [-0.15, -0.1) is 0 Å². The number of nitro groups is 1. The zero-order valence-corrected chi connectivity index (χ0v) is 16.9. The van der Waals surface area contributed by atoms with Crippen molar-refractivity contribution in [2.75, 3.05) is 12.4 Å². The number of nitrogens with one attached hydrogen (secondary N) is 1. The van der Waals surface area contributed by atoms with Crippen molar-refractivity contribution in [3.63, 3.8) is 0 Å². The van der Waals surface area contributed by atoms with Gasteiger partial charge in [0.05, 0.1) is 17.1 Å². The summed E-state index contributed by atoms with van der Waals surface area (Å²) in [6.45, 7) is 3.70. The van der Waals surface area contributed by atoms with Crippen LogP contribution in [0.5, 0.6) is 5.75 Å². The Balaban J connectivity index is 1.93. The molecule has 0 atom stereocenters. The number of rotatable bonds is 6. The molecular formula is C22H19ClN2O4. The Morgan fingerprint density at radius 2 is 1.72 bits per heavy atom. The lowest BCUT2D eigenvalue weighted by Gasteiger charge is -2.13. The number of aryl methyl sites for hydroxylation is 2. The van der Waals surface area contributed by atoms with Gasteiger partial charge >= 0.3 is 0 Å². The van der Waals surface area contributed by atoms with E-state index in [9.17, 15) is 14.9 Å². The average Bonchev–Trinajstić information content (AvgIpc) is 2.67. The number of hydrogen-bond acceptors (Lipinski definition) is 5. The number of ketones is 1. The molecule has 0 aromatic heterocycles. The first-order chi connectivity index (χ1) is 13.8. The third-order valence-corrected chi connectivity index (χ3v) is 4.88. The van der Waals surface area contributed by atoms with Gasteiger partial charge < -0.3 is 10.1 Å². The molecule has 7 heteroatoms. The molecule has 0 aliphatic carbocycles. The molecule has 0 amide bonds. The summed E-state index contributed by atoms with van der Waals surface area (Å²) in [4.78, 5) is 23.8. The van der Waals surface area contributed by atoms with Gasteiger partial charge in [0, 0.05) is 22.9 Å². The molecule has 148 valence electrons. The SMILES string of the molecule is COc1cc(C)c(C(=O)c2ccc(Nc3ccccc3[N+](=O)[O-])cc2Cl)c(C)c1. The minimum Gasteiger partial charge on any atom is -0.497 e. The lowest BCUT2D eigenvalue weighted by molar-refractivity contribution is -0.383. The summed E-state index contributed by atoms with van der Waals surface area (Å²) in [5, 5.41) is 14.4. The van der Waals surface area contributed by atoms with Gasteiger partial charge in [-0.25, -0.2) is 0 Å². The van der Waals surface area contributed by atoms with Crippen LogP contribution in [-0.4, -0.2) is 17.8 Å². The van der Waals surface area contributed by atoms with Gasteiger partial charge in [0.15, 0.2) is 5.78 Å². The van der Waals surface area contributed by atoms with Crippen LogP contribution in [0.1, 0.15) is 27.0 Å². The third kappa shape index (κ3) is 4.22. The van der Waals surface area contributed by atoms with Crippen LogP contribution in [0.15, 0.2) is 54.6 Å². The number of halogens is 1. The van der Waals surface area contributed by atoms with Crippen LogP contribution < -0.4 is 10.1 Å². The number of anilines is 2. The highest BCUT2D eigenvalue weighted by atomic mass is 35.5. The summed E-state index contributed by atoms with van der Waals surface area (Å²) in [7, 11) is 1.58. The van der Waals surface area contributed by atoms with Gasteiger partial charge in [-0.3, -0.25) is 14.9 Å². The van der Waals surface area contributed by atoms with E-state index in [1.807, 2.05) is 13.8 Å². The van der Waals surface area contributed by atoms with Crippen LogP contribution in [0.2, 0.25) is 5.02 Å². The predicted octanol–water partition coefficient (Wildman–Crippen LogP) is 5.85. The van der Waals surface area contributed by atoms with Crippen molar-refractivity contribution in [3.8, 4) is 5.75 Å². The molecule has 0 aliphatic heterocycles. The minimum atomic E-state index is -0.461. The molecule has 0 saturated heterocycles. The molecule has 6 nitrogen and oxygen atoms in total. The first-order valence-electron chi connectivity index (χ1n) is 8.81. The molecule has 0 aliphatic rings. The average molecular weight is 411 g/mol. The molecule has 0 spiro atoms. The molecule has 0 radical (unpaired) electrons. The molecule has 29 heavy (non-hydrogen) atoms. The number of nitro benzene ring substituents is 1. The normalized spacial score (nSPS) is 10.5. The number of benzene rings is 3. The Bertz CT molecular complexity index is 1090. The van der Waals surface area contributed by atoms with E-state index in [-0.39, 0.29) is 16.5 Å². The maximum atomic E-state index is 13.1. The summed E-state index contributed by atoms with van der Waals surface area (Å²) in [6.07, 6.45) is 0. The van der Waals surface area contributed by atoms with Crippen LogP contribution in [0, 0.1) is 24.0 Å². The van der Waals surface area contributed by atoms with Gasteiger partial charge in [-0.1, -0.05) is 23.7 Å². The molecular weight excluding hydrogens is 392 g/mol. The monoisotopic (exact) mass is 410 g/mol. The van der Waals surface area contributed by atoms with Crippen LogP contribution >= 0.6 is 11.6 Å². The van der Waals surface area contributed by atoms with Crippen molar-refractivity contribution in [3.05, 3.63) is 92.0 Å². The number of methoxy groups -OCH3 is 1. The Morgan fingerprint density at radius 1 is 1.07 bits per heavy atom. The highest BCUT2D eigenvalue weighted by Crippen LogP contribution is 2.31. The van der Waals surface area contributed by atoms with Crippen molar-refractivity contribution in [2.24, 2.45) is 0 Å². The number of carbonyl (C=O) groups is 1. The molecule has 0 heterocycles. The first-order valence-corrected chi connectivity index (χ1v) is 9.19. The smallest absolute Gasteiger partial charge is 0.292 e. The summed E-state index contributed by atoms with van der Waals surface area (Å²) < 4.78 is 5.25. The minimum absolute atomic E-state index is 0.0479. The maximum Gasteiger partial charge on any atom is 0.292 e. The van der Waals surface area contributed by atoms with Crippen molar-refractivity contribution in [1.82, 2.24) is 0 Å². The summed E-state index contributed by atoms with van der Waals surface area (Å²) in [5.74, 6) is 0.497. The Hall–Kier alpha value is -3.38.